The second kappa shape index (κ2) is 3.91. The van der Waals surface area contributed by atoms with Crippen LogP contribution in [0.15, 0.2) is 12.3 Å². The van der Waals surface area contributed by atoms with Gasteiger partial charge in [-0.1, -0.05) is 13.8 Å². The molecule has 0 aliphatic carbocycles. The van der Waals surface area contributed by atoms with E-state index in [1.807, 2.05) is 13.8 Å². The van der Waals surface area contributed by atoms with Gasteiger partial charge in [0.15, 0.2) is 0 Å². The van der Waals surface area contributed by atoms with Gasteiger partial charge < -0.3 is 0 Å². The van der Waals surface area contributed by atoms with Crippen molar-refractivity contribution in [2.24, 2.45) is 0 Å². The molecule has 0 bridgehead atoms. The average molecular weight is 215 g/mol. The molecule has 0 aromatic carbocycles. The van der Waals surface area contributed by atoms with Gasteiger partial charge in [0.25, 0.3) is 0 Å². The summed E-state index contributed by atoms with van der Waals surface area (Å²) in [5.74, 6) is 0.226. The van der Waals surface area contributed by atoms with Crippen LogP contribution in [0.5, 0.6) is 0 Å². The van der Waals surface area contributed by atoms with Crippen molar-refractivity contribution in [3.8, 4) is 0 Å². The van der Waals surface area contributed by atoms with E-state index in [1.165, 1.54) is 6.20 Å². The van der Waals surface area contributed by atoms with Crippen molar-refractivity contribution in [3.63, 3.8) is 0 Å². The van der Waals surface area contributed by atoms with E-state index in [1.54, 1.807) is 6.07 Å². The highest BCUT2D eigenvalue weighted by Gasteiger charge is 2.06. The number of aromatic nitrogens is 2. The summed E-state index contributed by atoms with van der Waals surface area (Å²) < 4.78 is 24.2. The minimum Gasteiger partial charge on any atom is -0.282 e. The lowest BCUT2D eigenvalue weighted by atomic mass is 10.1. The summed E-state index contributed by atoms with van der Waals surface area (Å²) in [6.07, 6.45) is 2.48. The highest BCUT2D eigenvalue weighted by Crippen LogP contribution is 2.14. The fourth-order valence-corrected chi connectivity index (χ4v) is 1.48. The van der Waals surface area contributed by atoms with E-state index in [4.69, 9.17) is 0 Å². The first-order valence-electron chi connectivity index (χ1n) is 4.19. The van der Waals surface area contributed by atoms with Crippen LogP contribution >= 0.6 is 0 Å². The van der Waals surface area contributed by atoms with Crippen LogP contribution < -0.4 is 4.72 Å². The third-order valence-electron chi connectivity index (χ3n) is 1.57. The zero-order valence-electron chi connectivity index (χ0n) is 8.35. The summed E-state index contributed by atoms with van der Waals surface area (Å²) in [7, 11) is -3.24. The fourth-order valence-electron chi connectivity index (χ4n) is 0.935. The number of hydrogen-bond donors (Lipinski definition) is 1. The van der Waals surface area contributed by atoms with Gasteiger partial charge in [0.05, 0.1) is 23.8 Å². The molecule has 0 aliphatic rings. The smallest absolute Gasteiger partial charge is 0.229 e. The molecule has 78 valence electrons. The number of nitrogens with zero attached hydrogens (tertiary/aromatic N) is 2. The normalized spacial score (nSPS) is 11.7. The maximum Gasteiger partial charge on any atom is 0.229 e. The Balaban J connectivity index is 2.95. The van der Waals surface area contributed by atoms with Crippen LogP contribution in [-0.4, -0.2) is 24.9 Å². The topological polar surface area (TPSA) is 72.0 Å². The van der Waals surface area contributed by atoms with E-state index in [2.05, 4.69) is 14.9 Å². The van der Waals surface area contributed by atoms with Crippen molar-refractivity contribution in [1.82, 2.24) is 10.2 Å². The third-order valence-corrected chi connectivity index (χ3v) is 2.17. The van der Waals surface area contributed by atoms with Gasteiger partial charge in [-0.05, 0) is 12.0 Å². The summed E-state index contributed by atoms with van der Waals surface area (Å²) in [6.45, 7) is 3.93. The summed E-state index contributed by atoms with van der Waals surface area (Å²) in [6, 6.07) is 1.68. The Bertz CT molecular complexity index is 414. The molecule has 0 atom stereocenters. The molecule has 5 nitrogen and oxygen atoms in total. The molecular weight excluding hydrogens is 202 g/mol. The molecule has 0 aliphatic heterocycles. The quantitative estimate of drug-likeness (QED) is 0.815. The molecule has 1 rings (SSSR count). The van der Waals surface area contributed by atoms with E-state index in [-0.39, 0.29) is 5.92 Å². The van der Waals surface area contributed by atoms with Crippen LogP contribution in [0.2, 0.25) is 0 Å². The predicted molar refractivity (Wildman–Crippen MR) is 54.6 cm³/mol. The molecule has 0 saturated carbocycles. The van der Waals surface area contributed by atoms with Crippen molar-refractivity contribution in [3.05, 3.63) is 18.0 Å². The van der Waals surface area contributed by atoms with Crippen molar-refractivity contribution in [1.29, 1.82) is 0 Å². The van der Waals surface area contributed by atoms with E-state index in [0.29, 0.717) is 5.69 Å². The number of sulfonamides is 1. The second-order valence-corrected chi connectivity index (χ2v) is 5.15. The molecule has 0 unspecified atom stereocenters. The van der Waals surface area contributed by atoms with E-state index in [9.17, 15) is 8.42 Å². The van der Waals surface area contributed by atoms with E-state index in [0.717, 1.165) is 11.9 Å². The first-order valence-corrected chi connectivity index (χ1v) is 6.08. The summed E-state index contributed by atoms with van der Waals surface area (Å²) in [5, 5.41) is 7.60. The molecular formula is C8H13N3O2S. The molecule has 1 aromatic heterocycles. The number of anilines is 1. The Morgan fingerprint density at radius 1 is 1.43 bits per heavy atom. The lowest BCUT2D eigenvalue weighted by Gasteiger charge is -2.06. The maximum absolute atomic E-state index is 10.9. The third kappa shape index (κ3) is 3.29. The van der Waals surface area contributed by atoms with Gasteiger partial charge in [-0.2, -0.15) is 10.2 Å². The summed E-state index contributed by atoms with van der Waals surface area (Å²) >= 11 is 0. The number of nitrogens with one attached hydrogen (secondary N) is 1. The lowest BCUT2D eigenvalue weighted by molar-refractivity contribution is 0.606. The van der Waals surface area contributed by atoms with E-state index < -0.39 is 10.0 Å². The standard InChI is InChI=1S/C8H13N3O2S/c1-6(2)8-4-7(5-9-10-8)11-14(3,12)13/h4-6H,1-3H3,(H,10,11). The number of hydrogen-bond acceptors (Lipinski definition) is 4. The largest absolute Gasteiger partial charge is 0.282 e. The van der Waals surface area contributed by atoms with Crippen LogP contribution in [0.1, 0.15) is 25.5 Å². The Labute approximate surface area is 83.6 Å². The second-order valence-electron chi connectivity index (χ2n) is 3.40. The predicted octanol–water partition coefficient (Wildman–Crippen LogP) is 0.971. The maximum atomic E-state index is 10.9. The minimum absolute atomic E-state index is 0.226. The van der Waals surface area contributed by atoms with Crippen LogP contribution in [0.4, 0.5) is 5.69 Å². The van der Waals surface area contributed by atoms with Crippen molar-refractivity contribution < 1.29 is 8.42 Å². The molecule has 0 spiro atoms. The van der Waals surface area contributed by atoms with Gasteiger partial charge in [-0.15, -0.1) is 0 Å². The van der Waals surface area contributed by atoms with Gasteiger partial charge in [0.1, 0.15) is 0 Å². The monoisotopic (exact) mass is 215 g/mol. The molecule has 14 heavy (non-hydrogen) atoms. The highest BCUT2D eigenvalue weighted by molar-refractivity contribution is 7.92. The Kier molecular flexibility index (Phi) is 3.05. The summed E-state index contributed by atoms with van der Waals surface area (Å²) in [5.41, 5.74) is 1.21. The number of rotatable bonds is 3. The lowest BCUT2D eigenvalue weighted by Crippen LogP contribution is -2.10. The first kappa shape index (κ1) is 10.9. The van der Waals surface area contributed by atoms with Crippen molar-refractivity contribution in [2.45, 2.75) is 19.8 Å². The SMILES string of the molecule is CC(C)c1cc(NS(C)(=O)=O)cnn1. The molecule has 0 saturated heterocycles. The minimum atomic E-state index is -3.24. The van der Waals surface area contributed by atoms with Gasteiger partial charge in [-0.25, -0.2) is 8.42 Å². The Morgan fingerprint density at radius 3 is 2.57 bits per heavy atom. The van der Waals surface area contributed by atoms with Crippen molar-refractivity contribution in [2.75, 3.05) is 11.0 Å². The van der Waals surface area contributed by atoms with Gasteiger partial charge >= 0.3 is 0 Å². The van der Waals surface area contributed by atoms with Crippen molar-refractivity contribution >= 4 is 15.7 Å². The summed E-state index contributed by atoms with van der Waals surface area (Å²) in [4.78, 5) is 0. The molecule has 0 amide bonds. The molecule has 0 radical (unpaired) electrons. The zero-order chi connectivity index (χ0) is 10.8. The van der Waals surface area contributed by atoms with Crippen LogP contribution in [0.3, 0.4) is 0 Å². The Hall–Kier alpha value is -1.17. The van der Waals surface area contributed by atoms with E-state index >= 15 is 0 Å². The first-order chi connectivity index (χ1) is 6.38. The molecule has 1 heterocycles. The molecule has 6 heteroatoms. The van der Waals surface area contributed by atoms with Crippen LogP contribution in [0, 0.1) is 0 Å². The van der Waals surface area contributed by atoms with Gasteiger partial charge in [0, 0.05) is 0 Å². The zero-order valence-corrected chi connectivity index (χ0v) is 9.17. The van der Waals surface area contributed by atoms with Crippen LogP contribution in [-0.2, 0) is 10.0 Å². The Morgan fingerprint density at radius 2 is 2.07 bits per heavy atom. The van der Waals surface area contributed by atoms with Gasteiger partial charge in [0.2, 0.25) is 10.0 Å². The fraction of sp³-hybridized carbons (Fsp3) is 0.500. The highest BCUT2D eigenvalue weighted by atomic mass is 32.2. The molecule has 1 N–H and O–H groups in total. The van der Waals surface area contributed by atoms with Crippen LogP contribution in [0.25, 0.3) is 0 Å². The molecule has 0 fully saturated rings. The molecule has 1 aromatic rings. The van der Waals surface area contributed by atoms with Gasteiger partial charge in [-0.3, -0.25) is 4.72 Å². The average Bonchev–Trinajstić information content (AvgIpc) is 2.01.